The third-order valence-corrected chi connectivity index (χ3v) is 3.33. The average Bonchev–Trinajstić information content (AvgIpc) is 2.25. The van der Waals surface area contributed by atoms with E-state index in [0.717, 1.165) is 25.3 Å². The van der Waals surface area contributed by atoms with Gasteiger partial charge in [0.2, 0.25) is 0 Å². The highest BCUT2D eigenvalue weighted by atomic mass is 16.5. The quantitative estimate of drug-likeness (QED) is 0.726. The summed E-state index contributed by atoms with van der Waals surface area (Å²) in [6.07, 6.45) is 4.84. The standard InChI is InChI=1S/C12H23NO2/c1-4-13-11(12(14)15-3)10-7-5-6-9(2)8-10/h9-11,13H,4-8H2,1-3H3. The molecular weight excluding hydrogens is 190 g/mol. The normalized spacial score (nSPS) is 28.5. The summed E-state index contributed by atoms with van der Waals surface area (Å²) >= 11 is 0. The smallest absolute Gasteiger partial charge is 0.323 e. The highest BCUT2D eigenvalue weighted by Gasteiger charge is 2.31. The molecule has 0 aromatic carbocycles. The number of hydrogen-bond acceptors (Lipinski definition) is 3. The number of methoxy groups -OCH3 is 1. The number of carbonyl (C=O) groups excluding carboxylic acids is 1. The van der Waals surface area contributed by atoms with Crippen molar-refractivity contribution >= 4 is 5.97 Å². The number of hydrogen-bond donors (Lipinski definition) is 1. The lowest BCUT2D eigenvalue weighted by molar-refractivity contribution is -0.145. The third kappa shape index (κ3) is 3.49. The Balaban J connectivity index is 2.57. The van der Waals surface area contributed by atoms with Crippen molar-refractivity contribution < 1.29 is 9.53 Å². The van der Waals surface area contributed by atoms with Gasteiger partial charge in [-0.05, 0) is 31.2 Å². The predicted octanol–water partition coefficient (Wildman–Crippen LogP) is 1.96. The highest BCUT2D eigenvalue weighted by Crippen LogP contribution is 2.31. The van der Waals surface area contributed by atoms with E-state index in [1.807, 2.05) is 6.92 Å². The maximum Gasteiger partial charge on any atom is 0.323 e. The first-order valence-electron chi connectivity index (χ1n) is 6.00. The number of carbonyl (C=O) groups is 1. The van der Waals surface area contributed by atoms with E-state index in [0.29, 0.717) is 5.92 Å². The van der Waals surface area contributed by atoms with Gasteiger partial charge in [-0.25, -0.2) is 0 Å². The fourth-order valence-electron chi connectivity index (χ4n) is 2.57. The summed E-state index contributed by atoms with van der Waals surface area (Å²) in [6, 6.07) is -0.0947. The van der Waals surface area contributed by atoms with E-state index < -0.39 is 0 Å². The van der Waals surface area contributed by atoms with Gasteiger partial charge in [0.05, 0.1) is 7.11 Å². The van der Waals surface area contributed by atoms with E-state index in [1.54, 1.807) is 0 Å². The Morgan fingerprint density at radius 1 is 1.53 bits per heavy atom. The summed E-state index contributed by atoms with van der Waals surface area (Å²) in [5.74, 6) is 1.10. The van der Waals surface area contributed by atoms with E-state index in [1.165, 1.54) is 20.0 Å². The topological polar surface area (TPSA) is 38.3 Å². The molecule has 1 N–H and O–H groups in total. The molecule has 0 spiro atoms. The molecule has 0 heterocycles. The Labute approximate surface area is 92.6 Å². The lowest BCUT2D eigenvalue weighted by Gasteiger charge is -2.32. The number of nitrogens with one attached hydrogen (secondary N) is 1. The lowest BCUT2D eigenvalue weighted by atomic mass is 9.78. The molecule has 3 nitrogen and oxygen atoms in total. The van der Waals surface area contributed by atoms with Crippen LogP contribution in [0.3, 0.4) is 0 Å². The van der Waals surface area contributed by atoms with Gasteiger partial charge >= 0.3 is 5.97 Å². The van der Waals surface area contributed by atoms with E-state index >= 15 is 0 Å². The van der Waals surface area contributed by atoms with Crippen LogP contribution in [0.2, 0.25) is 0 Å². The SMILES string of the molecule is CCNC(C(=O)OC)C1CCCC(C)C1. The van der Waals surface area contributed by atoms with Crippen LogP contribution < -0.4 is 5.32 Å². The molecule has 0 radical (unpaired) electrons. The van der Waals surface area contributed by atoms with Crippen LogP contribution in [0.25, 0.3) is 0 Å². The van der Waals surface area contributed by atoms with Crippen LogP contribution in [0.1, 0.15) is 39.5 Å². The fourth-order valence-corrected chi connectivity index (χ4v) is 2.57. The molecule has 1 aliphatic carbocycles. The highest BCUT2D eigenvalue weighted by molar-refractivity contribution is 5.76. The number of likely N-dealkylation sites (N-methyl/N-ethyl adjacent to an activating group) is 1. The van der Waals surface area contributed by atoms with Crippen LogP contribution in [0.15, 0.2) is 0 Å². The first kappa shape index (κ1) is 12.5. The van der Waals surface area contributed by atoms with Crippen LogP contribution in [0, 0.1) is 11.8 Å². The Morgan fingerprint density at radius 3 is 2.80 bits per heavy atom. The molecule has 15 heavy (non-hydrogen) atoms. The maximum absolute atomic E-state index is 11.6. The zero-order valence-corrected chi connectivity index (χ0v) is 10.1. The van der Waals surface area contributed by atoms with Crippen molar-refractivity contribution in [1.29, 1.82) is 0 Å². The van der Waals surface area contributed by atoms with Gasteiger partial charge in [-0.1, -0.05) is 26.7 Å². The summed E-state index contributed by atoms with van der Waals surface area (Å²) < 4.78 is 4.85. The number of rotatable bonds is 4. The molecule has 0 aromatic heterocycles. The summed E-state index contributed by atoms with van der Waals surface area (Å²) in [4.78, 5) is 11.6. The molecule has 88 valence electrons. The minimum atomic E-state index is -0.101. The predicted molar refractivity (Wildman–Crippen MR) is 60.6 cm³/mol. The van der Waals surface area contributed by atoms with Gasteiger partial charge in [0.25, 0.3) is 0 Å². The van der Waals surface area contributed by atoms with Crippen molar-refractivity contribution in [3.05, 3.63) is 0 Å². The fraction of sp³-hybridized carbons (Fsp3) is 0.917. The lowest BCUT2D eigenvalue weighted by Crippen LogP contribution is -2.45. The Morgan fingerprint density at radius 2 is 2.27 bits per heavy atom. The van der Waals surface area contributed by atoms with Crippen molar-refractivity contribution in [3.63, 3.8) is 0 Å². The molecule has 1 rings (SSSR count). The van der Waals surface area contributed by atoms with Gasteiger partial charge in [-0.3, -0.25) is 4.79 Å². The number of esters is 1. The zero-order valence-electron chi connectivity index (χ0n) is 10.1. The van der Waals surface area contributed by atoms with Gasteiger partial charge in [-0.15, -0.1) is 0 Å². The van der Waals surface area contributed by atoms with Gasteiger partial charge in [0.15, 0.2) is 0 Å². The van der Waals surface area contributed by atoms with Crippen molar-refractivity contribution in [2.45, 2.75) is 45.6 Å². The Bertz CT molecular complexity index is 206. The maximum atomic E-state index is 11.6. The van der Waals surface area contributed by atoms with Gasteiger partial charge < -0.3 is 10.1 Å². The molecule has 0 aliphatic heterocycles. The van der Waals surface area contributed by atoms with Crippen LogP contribution in [0.5, 0.6) is 0 Å². The molecule has 1 fully saturated rings. The van der Waals surface area contributed by atoms with Crippen molar-refractivity contribution in [2.75, 3.05) is 13.7 Å². The average molecular weight is 213 g/mol. The van der Waals surface area contributed by atoms with E-state index in [9.17, 15) is 4.79 Å². The molecule has 1 saturated carbocycles. The largest absolute Gasteiger partial charge is 0.468 e. The second-order valence-electron chi connectivity index (χ2n) is 4.59. The molecule has 0 saturated heterocycles. The molecule has 3 atom stereocenters. The van der Waals surface area contributed by atoms with E-state index in [4.69, 9.17) is 4.74 Å². The van der Waals surface area contributed by atoms with Crippen LogP contribution in [-0.4, -0.2) is 25.7 Å². The monoisotopic (exact) mass is 213 g/mol. The molecule has 0 bridgehead atoms. The third-order valence-electron chi connectivity index (χ3n) is 3.33. The van der Waals surface area contributed by atoms with Gasteiger partial charge in [0.1, 0.15) is 6.04 Å². The number of ether oxygens (including phenoxy) is 1. The van der Waals surface area contributed by atoms with Crippen LogP contribution in [-0.2, 0) is 9.53 Å². The summed E-state index contributed by atoms with van der Waals surface area (Å²) in [7, 11) is 1.47. The molecule has 0 amide bonds. The zero-order chi connectivity index (χ0) is 11.3. The second kappa shape index (κ2) is 6.11. The van der Waals surface area contributed by atoms with Crippen molar-refractivity contribution in [3.8, 4) is 0 Å². The van der Waals surface area contributed by atoms with Crippen molar-refractivity contribution in [1.82, 2.24) is 5.32 Å². The van der Waals surface area contributed by atoms with Gasteiger partial charge in [0, 0.05) is 0 Å². The van der Waals surface area contributed by atoms with E-state index in [2.05, 4.69) is 12.2 Å². The molecule has 3 heteroatoms. The molecule has 3 unspecified atom stereocenters. The van der Waals surface area contributed by atoms with Gasteiger partial charge in [-0.2, -0.15) is 0 Å². The summed E-state index contributed by atoms with van der Waals surface area (Å²) in [5.41, 5.74) is 0. The molecule has 1 aliphatic rings. The minimum absolute atomic E-state index is 0.0947. The van der Waals surface area contributed by atoms with Crippen molar-refractivity contribution in [2.24, 2.45) is 11.8 Å². The molecular formula is C12H23NO2. The summed E-state index contributed by atoms with van der Waals surface area (Å²) in [5, 5.41) is 3.25. The van der Waals surface area contributed by atoms with Crippen LogP contribution in [0.4, 0.5) is 0 Å². The van der Waals surface area contributed by atoms with E-state index in [-0.39, 0.29) is 12.0 Å². The minimum Gasteiger partial charge on any atom is -0.468 e. The first-order chi connectivity index (χ1) is 7.19. The molecule has 0 aromatic rings. The Hall–Kier alpha value is -0.570. The Kier molecular flexibility index (Phi) is 5.09. The summed E-state index contributed by atoms with van der Waals surface area (Å²) in [6.45, 7) is 5.12. The second-order valence-corrected chi connectivity index (χ2v) is 4.59. The van der Waals surface area contributed by atoms with Crippen LogP contribution >= 0.6 is 0 Å². The first-order valence-corrected chi connectivity index (χ1v) is 6.00.